The number of hydrogen-bond acceptors (Lipinski definition) is 19. The average molecular weight is 1240 g/mol. The molecular weight excluding hydrogens is 1160 g/mol. The molecule has 18 unspecified atom stereocenters. The number of allylic oxidation sites excluding steroid dienone is 2. The van der Waals surface area contributed by atoms with E-state index in [1.54, 1.807) is 19.1 Å². The molecule has 0 bridgehead atoms. The standard InChI is InChI=1S/C57H81IN2O20/c1-51(2)15-16-56(50(74)60-18-17-59-45(71)26-7-9-27(58)10-8-26)29(19-51)28-20-52(3)21-33-53(4)13-12-35(54(5,25-62)32(53)11-14-57(33,52)55(28,6)22-34(56)64)77-49-44(80-48-40(69)38(67)37(66)31(23-61)76-48)42(41(70)43(79-49)46(72)73)78-47-39(68)36(65)30(63)24-75-47/h7-10,20,25,29-44,47-49,61,63-70H,11-19,21-24H2,1-6H3,(H,59,71)(H,60,74)(H,72,73)/t29?,30-,31?,32?,33?,34?,35+,36?,37+,38?,39?,40?,41+,42?,43?,44?,47+,48+,49-,52?,53?,54?,55?,56?,57?/m1/s1. The van der Waals surface area contributed by atoms with Gasteiger partial charge in [-0.2, -0.15) is 0 Å². The molecule has 23 heteroatoms. The van der Waals surface area contributed by atoms with Crippen molar-refractivity contribution in [3.05, 3.63) is 45.0 Å². The topological polar surface area (TPSA) is 350 Å². The van der Waals surface area contributed by atoms with Gasteiger partial charge >= 0.3 is 5.97 Å². The maximum absolute atomic E-state index is 14.9. The second-order valence-electron chi connectivity index (χ2n) is 26.4. The van der Waals surface area contributed by atoms with E-state index in [4.69, 9.17) is 28.4 Å². The van der Waals surface area contributed by atoms with Crippen LogP contribution in [0.4, 0.5) is 0 Å². The Kier molecular flexibility index (Phi) is 16.3. The third-order valence-corrected chi connectivity index (χ3v) is 22.5. The van der Waals surface area contributed by atoms with Gasteiger partial charge in [-0.15, -0.1) is 0 Å². The van der Waals surface area contributed by atoms with Gasteiger partial charge in [-0.25, -0.2) is 4.79 Å². The molecule has 6 aliphatic carbocycles. The molecule has 2 amide bonds. The van der Waals surface area contributed by atoms with Gasteiger partial charge < -0.3 is 94.9 Å². The quantitative estimate of drug-likeness (QED) is 0.0400. The molecular formula is C57H81IN2O20. The fourth-order valence-corrected chi connectivity index (χ4v) is 17.9. The number of hydrogen-bond donors (Lipinski definition) is 12. The minimum atomic E-state index is -2.15. The first-order valence-corrected chi connectivity index (χ1v) is 29.3. The van der Waals surface area contributed by atoms with E-state index in [1.165, 1.54) is 5.57 Å². The molecule has 1 aromatic rings. The predicted octanol–water partition coefficient (Wildman–Crippen LogP) is 0.654. The molecule has 8 fully saturated rings. The molecule has 22 nitrogen and oxygen atoms in total. The van der Waals surface area contributed by atoms with Gasteiger partial charge in [-0.05, 0) is 149 Å². The Balaban J connectivity index is 0.920. The second-order valence-corrected chi connectivity index (χ2v) is 27.7. The molecule has 446 valence electrons. The Morgan fingerprint density at radius 2 is 1.40 bits per heavy atom. The number of carboxylic acids is 1. The zero-order valence-corrected chi connectivity index (χ0v) is 48.2. The van der Waals surface area contributed by atoms with E-state index in [-0.39, 0.29) is 65.3 Å². The van der Waals surface area contributed by atoms with Crippen LogP contribution in [0.5, 0.6) is 0 Å². The number of aldehydes is 1. The van der Waals surface area contributed by atoms with Gasteiger partial charge in [0.15, 0.2) is 25.0 Å². The Labute approximate surface area is 478 Å². The smallest absolute Gasteiger partial charge is 0.335 e. The highest BCUT2D eigenvalue weighted by molar-refractivity contribution is 14.1. The van der Waals surface area contributed by atoms with E-state index in [0.717, 1.165) is 22.7 Å². The van der Waals surface area contributed by atoms with Crippen molar-refractivity contribution in [3.8, 4) is 0 Å². The third kappa shape index (κ3) is 9.27. The van der Waals surface area contributed by atoms with E-state index >= 15 is 0 Å². The molecule has 25 atom stereocenters. The van der Waals surface area contributed by atoms with Crippen molar-refractivity contribution in [2.45, 2.75) is 198 Å². The number of aliphatic carboxylic acids is 1. The van der Waals surface area contributed by atoms with E-state index in [2.05, 4.69) is 73.9 Å². The summed E-state index contributed by atoms with van der Waals surface area (Å²) >= 11 is 2.18. The number of carboxylic acid groups (broad SMARTS) is 1. The summed E-state index contributed by atoms with van der Waals surface area (Å²) < 4.78 is 37.2. The summed E-state index contributed by atoms with van der Waals surface area (Å²) in [6.07, 6.45) is -19.8. The van der Waals surface area contributed by atoms with Gasteiger partial charge in [0, 0.05) is 22.2 Å². The van der Waals surface area contributed by atoms with E-state index in [0.29, 0.717) is 44.1 Å². The van der Waals surface area contributed by atoms with Crippen LogP contribution in [0.3, 0.4) is 0 Å². The van der Waals surface area contributed by atoms with E-state index in [1.807, 2.05) is 12.1 Å². The Bertz CT molecular complexity index is 2560. The highest BCUT2D eigenvalue weighted by Crippen LogP contribution is 2.87. The van der Waals surface area contributed by atoms with Gasteiger partial charge in [-0.1, -0.05) is 53.2 Å². The lowest BCUT2D eigenvalue weighted by atomic mass is 9.26. The summed E-state index contributed by atoms with van der Waals surface area (Å²) in [7, 11) is 0. The largest absolute Gasteiger partial charge is 0.479 e. The van der Waals surface area contributed by atoms with Crippen molar-refractivity contribution >= 4 is 46.7 Å². The lowest BCUT2D eigenvalue weighted by molar-refractivity contribution is -0.392. The van der Waals surface area contributed by atoms with Crippen LogP contribution < -0.4 is 10.6 Å². The Morgan fingerprint density at radius 3 is 2.08 bits per heavy atom. The van der Waals surface area contributed by atoms with Crippen molar-refractivity contribution in [2.24, 2.45) is 55.7 Å². The molecule has 0 aromatic heterocycles. The molecule has 80 heavy (non-hydrogen) atoms. The third-order valence-electron chi connectivity index (χ3n) is 21.7. The molecule has 1 spiro atoms. The number of halogens is 1. The van der Waals surface area contributed by atoms with Crippen LogP contribution in [0.25, 0.3) is 0 Å². The Hall–Kier alpha value is -2.83. The lowest BCUT2D eigenvalue weighted by Crippen LogP contribution is -2.73. The summed E-state index contributed by atoms with van der Waals surface area (Å²) in [6.45, 7) is 12.1. The fraction of sp³-hybridized carbons (Fsp3) is 0.789. The molecule has 12 N–H and O–H groups in total. The summed E-state index contributed by atoms with van der Waals surface area (Å²) in [5.74, 6) is -2.70. The van der Waals surface area contributed by atoms with Crippen molar-refractivity contribution in [2.75, 3.05) is 26.3 Å². The summed E-state index contributed by atoms with van der Waals surface area (Å²) in [5, 5.41) is 115. The molecule has 9 aliphatic rings. The second kappa shape index (κ2) is 21.6. The first kappa shape index (κ1) is 60.3. The number of rotatable bonds is 14. The van der Waals surface area contributed by atoms with Gasteiger partial charge in [0.2, 0.25) is 5.91 Å². The van der Waals surface area contributed by atoms with Crippen molar-refractivity contribution in [3.63, 3.8) is 0 Å². The number of benzene rings is 1. The van der Waals surface area contributed by atoms with Crippen LogP contribution in [-0.2, 0) is 42.8 Å². The normalized spacial score (nSPS) is 49.2. The predicted molar refractivity (Wildman–Crippen MR) is 286 cm³/mol. The monoisotopic (exact) mass is 1240 g/mol. The number of ether oxygens (including phenoxy) is 6. The van der Waals surface area contributed by atoms with E-state index in [9.17, 15) is 70.2 Å². The van der Waals surface area contributed by atoms with Crippen LogP contribution in [0.1, 0.15) is 110 Å². The highest BCUT2D eigenvalue weighted by atomic mass is 127. The Morgan fingerprint density at radius 1 is 0.725 bits per heavy atom. The molecule has 5 saturated carbocycles. The summed E-state index contributed by atoms with van der Waals surface area (Å²) in [4.78, 5) is 54.8. The van der Waals surface area contributed by atoms with Crippen molar-refractivity contribution in [1.29, 1.82) is 0 Å². The van der Waals surface area contributed by atoms with E-state index < -0.39 is 139 Å². The SMILES string of the molecule is CC1(C)CCC2(C(=O)NCCNC(=O)c3ccc(I)cc3)C(O)CC3(C)C(=CC4(C)CC5C6(C)CC[C@H](O[C@@H]7OC(C(=O)O)[C@@H](O)C(O[C@@H]8OC[C@@H](O)C(O)C8O)C7O[C@@H]7OC(CO)[C@H](O)C(O)C7O)C(C)(C=O)C6CCC543)C2C1. The van der Waals surface area contributed by atoms with Gasteiger partial charge in [0.05, 0.1) is 36.3 Å². The maximum atomic E-state index is 14.9. The molecule has 10 rings (SSSR count). The fourth-order valence-electron chi connectivity index (χ4n) is 17.5. The van der Waals surface area contributed by atoms with Gasteiger partial charge in [-0.3, -0.25) is 9.59 Å². The average Bonchev–Trinajstić information content (AvgIpc) is 2.45. The number of aliphatic hydroxyl groups excluding tert-OH is 9. The number of aliphatic hydroxyl groups is 9. The lowest BCUT2D eigenvalue weighted by Gasteiger charge is -2.77. The maximum Gasteiger partial charge on any atom is 0.335 e. The summed E-state index contributed by atoms with van der Waals surface area (Å²) in [5.41, 5.74) is -2.53. The molecule has 3 aliphatic heterocycles. The minimum Gasteiger partial charge on any atom is -0.479 e. The van der Waals surface area contributed by atoms with Crippen LogP contribution in [0.2, 0.25) is 0 Å². The number of amides is 2. The number of carbonyl (C=O) groups excluding carboxylic acids is 3. The first-order valence-electron chi connectivity index (χ1n) is 28.3. The zero-order chi connectivity index (χ0) is 58.0. The number of fused-ring (bicyclic) bond motifs is 5. The van der Waals surface area contributed by atoms with Crippen molar-refractivity contribution < 1.29 is 98.7 Å². The highest BCUT2D eigenvalue weighted by Gasteiger charge is 2.82. The first-order chi connectivity index (χ1) is 37.6. The van der Waals surface area contributed by atoms with Crippen molar-refractivity contribution in [1.82, 2.24) is 10.6 Å². The van der Waals surface area contributed by atoms with Gasteiger partial charge in [0.25, 0.3) is 5.91 Å². The zero-order valence-electron chi connectivity index (χ0n) is 46.1. The minimum absolute atomic E-state index is 0.0350. The van der Waals surface area contributed by atoms with Crippen LogP contribution in [-0.4, -0.2) is 200 Å². The number of nitrogens with one attached hydrogen (secondary N) is 2. The van der Waals surface area contributed by atoms with Gasteiger partial charge in [0.1, 0.15) is 67.3 Å². The molecule has 0 radical (unpaired) electrons. The molecule has 3 heterocycles. The van der Waals surface area contributed by atoms with Crippen LogP contribution in [0, 0.1) is 59.2 Å². The van der Waals surface area contributed by atoms with Crippen LogP contribution >= 0.6 is 22.6 Å². The molecule has 3 saturated heterocycles. The molecule has 1 aromatic carbocycles. The number of carbonyl (C=O) groups is 4. The van der Waals surface area contributed by atoms with Crippen LogP contribution in [0.15, 0.2) is 35.9 Å². The summed E-state index contributed by atoms with van der Waals surface area (Å²) in [6, 6.07) is 7.21.